The molecule has 1 fully saturated rings. The van der Waals surface area contributed by atoms with Gasteiger partial charge in [-0.3, -0.25) is 4.90 Å². The highest BCUT2D eigenvalue weighted by molar-refractivity contribution is 4.76. The molecule has 4 heteroatoms. The Balaban J connectivity index is 2.35. The molecule has 0 spiro atoms. The Bertz CT molecular complexity index is 219. The number of ether oxygens (including phenoxy) is 2. The first kappa shape index (κ1) is 16.9. The highest BCUT2D eigenvalue weighted by Crippen LogP contribution is 2.28. The molecule has 0 bridgehead atoms. The van der Waals surface area contributed by atoms with Crippen LogP contribution >= 0.6 is 0 Å². The van der Waals surface area contributed by atoms with Gasteiger partial charge in [-0.15, -0.1) is 0 Å². The fourth-order valence-corrected chi connectivity index (χ4v) is 3.02. The normalized spacial score (nSPS) is 20.1. The summed E-state index contributed by atoms with van der Waals surface area (Å²) in [5, 5.41) is 10.3. The van der Waals surface area contributed by atoms with Crippen LogP contribution in [0.3, 0.4) is 0 Å². The lowest BCUT2D eigenvalue weighted by Gasteiger charge is -2.31. The zero-order chi connectivity index (χ0) is 14.1. The number of rotatable bonds is 10. The van der Waals surface area contributed by atoms with Gasteiger partial charge in [-0.2, -0.15) is 0 Å². The van der Waals surface area contributed by atoms with Crippen LogP contribution in [0.2, 0.25) is 0 Å². The van der Waals surface area contributed by atoms with Gasteiger partial charge in [0.1, 0.15) is 0 Å². The summed E-state index contributed by atoms with van der Waals surface area (Å²) in [6, 6.07) is 0.318. The van der Waals surface area contributed by atoms with E-state index in [1.807, 2.05) is 0 Å². The van der Waals surface area contributed by atoms with Crippen LogP contribution in [0.4, 0.5) is 0 Å². The summed E-state index contributed by atoms with van der Waals surface area (Å²) in [5.74, 6) is 0.733. The number of hydrogen-bond donors (Lipinski definition) is 1. The fourth-order valence-electron chi connectivity index (χ4n) is 3.02. The molecule has 1 N–H and O–H groups in total. The number of hydrogen-bond acceptors (Lipinski definition) is 4. The second-order valence-electron chi connectivity index (χ2n) is 5.83. The van der Waals surface area contributed by atoms with Crippen LogP contribution in [0, 0.1) is 5.92 Å². The standard InChI is InChI=1S/C15H31NO3/c1-13(12-19-3)16(8-9-18-2)11-15(17)10-14-6-4-5-7-14/h13-15,17H,4-12H2,1-3H3. The lowest BCUT2D eigenvalue weighted by Crippen LogP contribution is -2.43. The number of aliphatic hydroxyl groups is 1. The van der Waals surface area contributed by atoms with E-state index in [9.17, 15) is 5.11 Å². The van der Waals surface area contributed by atoms with Gasteiger partial charge in [0.15, 0.2) is 0 Å². The van der Waals surface area contributed by atoms with Crippen molar-refractivity contribution in [1.29, 1.82) is 0 Å². The van der Waals surface area contributed by atoms with Gasteiger partial charge in [0, 0.05) is 33.4 Å². The van der Waals surface area contributed by atoms with Gasteiger partial charge in [0.2, 0.25) is 0 Å². The van der Waals surface area contributed by atoms with E-state index >= 15 is 0 Å². The number of nitrogens with zero attached hydrogens (tertiary/aromatic N) is 1. The topological polar surface area (TPSA) is 41.9 Å². The summed E-state index contributed by atoms with van der Waals surface area (Å²) < 4.78 is 10.4. The third-order valence-corrected chi connectivity index (χ3v) is 4.14. The second-order valence-corrected chi connectivity index (χ2v) is 5.83. The van der Waals surface area contributed by atoms with Crippen molar-refractivity contribution in [3.05, 3.63) is 0 Å². The zero-order valence-electron chi connectivity index (χ0n) is 12.8. The van der Waals surface area contributed by atoms with Crippen LogP contribution in [0.1, 0.15) is 39.0 Å². The van der Waals surface area contributed by atoms with Crippen molar-refractivity contribution in [2.24, 2.45) is 5.92 Å². The highest BCUT2D eigenvalue weighted by Gasteiger charge is 2.22. The molecule has 0 heterocycles. The minimum absolute atomic E-state index is 0.223. The van der Waals surface area contributed by atoms with E-state index in [-0.39, 0.29) is 6.10 Å². The number of aliphatic hydroxyl groups excluding tert-OH is 1. The van der Waals surface area contributed by atoms with Crippen molar-refractivity contribution in [3.63, 3.8) is 0 Å². The molecular formula is C15H31NO3. The maximum atomic E-state index is 10.3. The maximum Gasteiger partial charge on any atom is 0.0669 e. The Labute approximate surface area is 118 Å². The molecule has 0 aliphatic heterocycles. The Kier molecular flexibility index (Phi) is 8.62. The van der Waals surface area contributed by atoms with Crippen molar-refractivity contribution >= 4 is 0 Å². The molecule has 114 valence electrons. The quantitative estimate of drug-likeness (QED) is 0.660. The van der Waals surface area contributed by atoms with Crippen molar-refractivity contribution in [1.82, 2.24) is 4.90 Å². The molecule has 4 nitrogen and oxygen atoms in total. The smallest absolute Gasteiger partial charge is 0.0669 e. The molecular weight excluding hydrogens is 242 g/mol. The molecule has 1 aliphatic carbocycles. The second kappa shape index (κ2) is 9.70. The van der Waals surface area contributed by atoms with Gasteiger partial charge >= 0.3 is 0 Å². The molecule has 0 radical (unpaired) electrons. The molecule has 1 rings (SSSR count). The predicted octanol–water partition coefficient (Wildman–Crippen LogP) is 1.91. The predicted molar refractivity (Wildman–Crippen MR) is 77.4 cm³/mol. The zero-order valence-corrected chi connectivity index (χ0v) is 12.8. The molecule has 19 heavy (non-hydrogen) atoms. The average molecular weight is 273 g/mol. The Morgan fingerprint density at radius 2 is 1.89 bits per heavy atom. The lowest BCUT2D eigenvalue weighted by atomic mass is 9.99. The summed E-state index contributed by atoms with van der Waals surface area (Å²) >= 11 is 0. The number of methoxy groups -OCH3 is 2. The molecule has 0 aromatic rings. The van der Waals surface area contributed by atoms with E-state index in [1.54, 1.807) is 14.2 Å². The van der Waals surface area contributed by atoms with Gasteiger partial charge < -0.3 is 14.6 Å². The first-order chi connectivity index (χ1) is 9.17. The van der Waals surface area contributed by atoms with E-state index in [1.165, 1.54) is 25.7 Å². The highest BCUT2D eigenvalue weighted by atomic mass is 16.5. The summed E-state index contributed by atoms with van der Waals surface area (Å²) in [5.41, 5.74) is 0. The summed E-state index contributed by atoms with van der Waals surface area (Å²) in [4.78, 5) is 2.27. The molecule has 0 aromatic heterocycles. The minimum atomic E-state index is -0.223. The van der Waals surface area contributed by atoms with Crippen LogP contribution < -0.4 is 0 Å². The molecule has 1 saturated carbocycles. The average Bonchev–Trinajstić information content (AvgIpc) is 2.87. The van der Waals surface area contributed by atoms with Gasteiger partial charge in [0.25, 0.3) is 0 Å². The fraction of sp³-hybridized carbons (Fsp3) is 1.00. The van der Waals surface area contributed by atoms with Crippen LogP contribution in [-0.4, -0.2) is 62.7 Å². The molecule has 2 unspecified atom stereocenters. The van der Waals surface area contributed by atoms with Crippen molar-refractivity contribution in [2.45, 2.75) is 51.2 Å². The Morgan fingerprint density at radius 3 is 2.47 bits per heavy atom. The summed E-state index contributed by atoms with van der Waals surface area (Å²) in [6.07, 6.45) is 5.99. The maximum absolute atomic E-state index is 10.3. The molecule has 1 aliphatic rings. The van der Waals surface area contributed by atoms with Gasteiger partial charge in [-0.05, 0) is 19.3 Å². The van der Waals surface area contributed by atoms with Crippen LogP contribution in [0.25, 0.3) is 0 Å². The minimum Gasteiger partial charge on any atom is -0.392 e. The van der Waals surface area contributed by atoms with Crippen molar-refractivity contribution in [3.8, 4) is 0 Å². The van der Waals surface area contributed by atoms with E-state index in [2.05, 4.69) is 11.8 Å². The van der Waals surface area contributed by atoms with Crippen LogP contribution in [0.5, 0.6) is 0 Å². The molecule has 2 atom stereocenters. The van der Waals surface area contributed by atoms with E-state index < -0.39 is 0 Å². The molecule has 0 amide bonds. The van der Waals surface area contributed by atoms with Gasteiger partial charge in [-0.1, -0.05) is 25.7 Å². The van der Waals surface area contributed by atoms with E-state index in [0.717, 1.165) is 25.4 Å². The molecule has 0 aromatic carbocycles. The van der Waals surface area contributed by atoms with Crippen molar-refractivity contribution < 1.29 is 14.6 Å². The van der Waals surface area contributed by atoms with Gasteiger partial charge in [0.05, 0.1) is 19.3 Å². The monoisotopic (exact) mass is 273 g/mol. The third kappa shape index (κ3) is 6.70. The molecule has 0 saturated heterocycles. The van der Waals surface area contributed by atoms with Gasteiger partial charge in [-0.25, -0.2) is 0 Å². The van der Waals surface area contributed by atoms with Crippen LogP contribution in [-0.2, 0) is 9.47 Å². The summed E-state index contributed by atoms with van der Waals surface area (Å²) in [7, 11) is 3.44. The largest absolute Gasteiger partial charge is 0.392 e. The first-order valence-corrected chi connectivity index (χ1v) is 7.57. The third-order valence-electron chi connectivity index (χ3n) is 4.14. The summed E-state index contributed by atoms with van der Waals surface area (Å²) in [6.45, 7) is 5.11. The Hall–Kier alpha value is -0.160. The van der Waals surface area contributed by atoms with E-state index in [4.69, 9.17) is 9.47 Å². The Morgan fingerprint density at radius 1 is 1.21 bits per heavy atom. The first-order valence-electron chi connectivity index (χ1n) is 7.57. The van der Waals surface area contributed by atoms with Crippen LogP contribution in [0.15, 0.2) is 0 Å². The SMILES string of the molecule is COCCN(CC(O)CC1CCCC1)C(C)COC. The van der Waals surface area contributed by atoms with Crippen molar-refractivity contribution in [2.75, 3.05) is 40.5 Å². The van der Waals surface area contributed by atoms with E-state index in [0.29, 0.717) is 19.3 Å². The lowest BCUT2D eigenvalue weighted by molar-refractivity contribution is 0.0315.